The van der Waals surface area contributed by atoms with Crippen molar-refractivity contribution in [2.24, 2.45) is 5.41 Å². The summed E-state index contributed by atoms with van der Waals surface area (Å²) < 4.78 is 37.8. The van der Waals surface area contributed by atoms with Crippen LogP contribution >= 0.6 is 0 Å². The molecule has 0 spiro atoms. The molecule has 1 saturated carbocycles. The van der Waals surface area contributed by atoms with Crippen molar-refractivity contribution in [1.82, 2.24) is 25.2 Å². The highest BCUT2D eigenvalue weighted by Gasteiger charge is 2.47. The largest absolute Gasteiger partial charge is 0.508 e. The molecule has 2 atom stereocenters. The Labute approximate surface area is 249 Å². The van der Waals surface area contributed by atoms with Gasteiger partial charge in [-0.25, -0.2) is 8.78 Å². The Balaban J connectivity index is 1.37. The molecule has 2 aliphatic heterocycles. The molecule has 0 bridgehead atoms. The van der Waals surface area contributed by atoms with Crippen molar-refractivity contribution < 1.29 is 18.6 Å². The molecule has 2 aromatic carbocycles. The lowest BCUT2D eigenvalue weighted by Gasteiger charge is -2.44. The summed E-state index contributed by atoms with van der Waals surface area (Å²) in [5.74, 6) is 1.51. The van der Waals surface area contributed by atoms with Crippen molar-refractivity contribution in [3.63, 3.8) is 0 Å². The Hall–Kier alpha value is -4.07. The van der Waals surface area contributed by atoms with Crippen LogP contribution in [0.3, 0.4) is 0 Å². The van der Waals surface area contributed by atoms with Crippen molar-refractivity contribution in [3.8, 4) is 35.4 Å². The maximum absolute atomic E-state index is 16.7. The van der Waals surface area contributed by atoms with E-state index in [4.69, 9.17) is 16.1 Å². The van der Waals surface area contributed by atoms with Gasteiger partial charge in [-0.3, -0.25) is 4.98 Å². The maximum atomic E-state index is 16.7. The second kappa shape index (κ2) is 10.9. The Bertz CT molecular complexity index is 1770. The number of phenols is 1. The average Bonchev–Trinajstić information content (AvgIpc) is 3.46. The first-order valence-electron chi connectivity index (χ1n) is 15.0. The van der Waals surface area contributed by atoms with Crippen molar-refractivity contribution >= 4 is 27.5 Å². The molecule has 7 rings (SSSR count). The summed E-state index contributed by atoms with van der Waals surface area (Å²) >= 11 is 0. The van der Waals surface area contributed by atoms with Crippen LogP contribution in [0, 0.1) is 29.4 Å². The van der Waals surface area contributed by atoms with Crippen molar-refractivity contribution in [2.45, 2.75) is 38.1 Å². The summed E-state index contributed by atoms with van der Waals surface area (Å²) in [6.45, 7) is 4.46. The fraction of sp³-hybridized carbons (Fsp3) is 0.424. The Morgan fingerprint density at radius 2 is 1.95 bits per heavy atom. The van der Waals surface area contributed by atoms with Gasteiger partial charge in [0.2, 0.25) is 0 Å². The first-order chi connectivity index (χ1) is 20.9. The molecule has 2 saturated heterocycles. The van der Waals surface area contributed by atoms with E-state index in [9.17, 15) is 9.50 Å². The summed E-state index contributed by atoms with van der Waals surface area (Å²) in [4.78, 5) is 18.4. The van der Waals surface area contributed by atoms with Crippen LogP contribution in [0.25, 0.3) is 32.9 Å². The van der Waals surface area contributed by atoms with Crippen LogP contribution in [0.15, 0.2) is 30.5 Å². The third-order valence-corrected chi connectivity index (χ3v) is 9.58. The molecule has 1 aliphatic carbocycles. The minimum absolute atomic E-state index is 0.0233. The number of piperazine rings is 1. The standard InChI is InChI=1S/C33H34F2N6O2/c1-3-22-25(34)8-7-20-16-21(42)17-23(27(20)22)29-28(35)30-24(18-37-29)31(41-14-11-36-12-15-41)39-32(38-30)43-19-33-9-4-6-26(33)40(2)13-5-10-33/h1,7-8,16-18,26,36,42H,4-6,9-15,19H2,2H3. The summed E-state index contributed by atoms with van der Waals surface area (Å²) in [6, 6.07) is 6.14. The molecule has 3 fully saturated rings. The lowest BCUT2D eigenvalue weighted by atomic mass is 9.76. The Kier molecular flexibility index (Phi) is 7.02. The van der Waals surface area contributed by atoms with Gasteiger partial charge in [0.1, 0.15) is 28.6 Å². The van der Waals surface area contributed by atoms with Gasteiger partial charge in [-0.1, -0.05) is 18.4 Å². The molecule has 2 aromatic heterocycles. The number of hydrogen-bond acceptors (Lipinski definition) is 8. The number of piperidine rings is 1. The third kappa shape index (κ3) is 4.71. The van der Waals surface area contributed by atoms with E-state index in [0.29, 0.717) is 47.7 Å². The molecule has 43 heavy (non-hydrogen) atoms. The van der Waals surface area contributed by atoms with E-state index in [1.165, 1.54) is 24.3 Å². The Morgan fingerprint density at radius 1 is 1.14 bits per heavy atom. The number of anilines is 1. The van der Waals surface area contributed by atoms with Crippen molar-refractivity contribution in [3.05, 3.63) is 47.7 Å². The molecule has 0 radical (unpaired) electrons. The van der Waals surface area contributed by atoms with Gasteiger partial charge < -0.3 is 25.0 Å². The molecular formula is C33H34F2N6O2. The zero-order chi connectivity index (χ0) is 29.7. The molecule has 8 nitrogen and oxygen atoms in total. The number of nitrogens with one attached hydrogen (secondary N) is 1. The smallest absolute Gasteiger partial charge is 0.319 e. The van der Waals surface area contributed by atoms with Crippen LogP contribution in [0.2, 0.25) is 0 Å². The van der Waals surface area contributed by atoms with Crippen LogP contribution < -0.4 is 15.0 Å². The number of phenolic OH excluding ortho intramolecular Hbond substituents is 1. The zero-order valence-corrected chi connectivity index (χ0v) is 24.2. The average molecular weight is 585 g/mol. The number of benzene rings is 2. The van der Waals surface area contributed by atoms with Gasteiger partial charge in [-0.05, 0) is 62.9 Å². The number of likely N-dealkylation sites (tertiary alicyclic amines) is 1. The number of nitrogens with zero attached hydrogens (tertiary/aromatic N) is 5. The summed E-state index contributed by atoms with van der Waals surface area (Å²) in [6.07, 6.45) is 12.8. The topological polar surface area (TPSA) is 86.6 Å². The molecule has 4 heterocycles. The number of hydrogen-bond donors (Lipinski definition) is 2. The molecule has 0 amide bonds. The molecule has 2 unspecified atom stereocenters. The molecular weight excluding hydrogens is 550 g/mol. The number of halogens is 2. The van der Waals surface area contributed by atoms with Gasteiger partial charge >= 0.3 is 6.01 Å². The number of pyridine rings is 1. The van der Waals surface area contributed by atoms with Gasteiger partial charge in [0, 0.05) is 54.8 Å². The highest BCUT2D eigenvalue weighted by atomic mass is 19.1. The monoisotopic (exact) mass is 584 g/mol. The second-order valence-electron chi connectivity index (χ2n) is 12.1. The van der Waals surface area contributed by atoms with E-state index in [0.717, 1.165) is 51.7 Å². The normalized spacial score (nSPS) is 22.6. The van der Waals surface area contributed by atoms with E-state index in [-0.39, 0.29) is 39.5 Å². The van der Waals surface area contributed by atoms with Gasteiger partial charge in [0.15, 0.2) is 5.82 Å². The van der Waals surface area contributed by atoms with E-state index in [1.807, 2.05) is 0 Å². The van der Waals surface area contributed by atoms with Gasteiger partial charge in [-0.15, -0.1) is 6.42 Å². The molecule has 4 aromatic rings. The summed E-state index contributed by atoms with van der Waals surface area (Å²) in [7, 11) is 2.19. The minimum atomic E-state index is -0.713. The van der Waals surface area contributed by atoms with Crippen molar-refractivity contribution in [2.75, 3.05) is 51.3 Å². The SMILES string of the molecule is C#Cc1c(F)ccc2cc(O)cc(-c3ncc4c(N5CCNCC5)nc(OCC56CCCC5N(C)CCC6)nc4c3F)c12. The first kappa shape index (κ1) is 27.7. The summed E-state index contributed by atoms with van der Waals surface area (Å²) in [5, 5.41) is 15.1. The van der Waals surface area contributed by atoms with Crippen LogP contribution in [0.4, 0.5) is 14.6 Å². The number of terminal acetylenes is 1. The van der Waals surface area contributed by atoms with E-state index < -0.39 is 11.6 Å². The Morgan fingerprint density at radius 3 is 2.77 bits per heavy atom. The molecule has 10 heteroatoms. The molecule has 2 N–H and O–H groups in total. The number of fused-ring (bicyclic) bond motifs is 3. The third-order valence-electron chi connectivity index (χ3n) is 9.58. The number of rotatable bonds is 5. The van der Waals surface area contributed by atoms with E-state index in [1.54, 1.807) is 6.20 Å². The first-order valence-corrected chi connectivity index (χ1v) is 15.0. The number of aromatic nitrogens is 3. The van der Waals surface area contributed by atoms with Crippen LogP contribution in [-0.4, -0.2) is 77.4 Å². The van der Waals surface area contributed by atoms with Crippen LogP contribution in [0.1, 0.15) is 37.7 Å². The van der Waals surface area contributed by atoms with Gasteiger partial charge in [0.25, 0.3) is 0 Å². The fourth-order valence-corrected chi connectivity index (χ4v) is 7.53. The lowest BCUT2D eigenvalue weighted by Crippen LogP contribution is -2.50. The zero-order valence-electron chi connectivity index (χ0n) is 24.2. The van der Waals surface area contributed by atoms with Crippen LogP contribution in [0.5, 0.6) is 11.8 Å². The predicted octanol–water partition coefficient (Wildman–Crippen LogP) is 4.86. The molecule has 3 aliphatic rings. The van der Waals surface area contributed by atoms with E-state index in [2.05, 4.69) is 38.1 Å². The quantitative estimate of drug-likeness (QED) is 0.322. The fourth-order valence-electron chi connectivity index (χ4n) is 7.53. The van der Waals surface area contributed by atoms with E-state index >= 15 is 4.39 Å². The van der Waals surface area contributed by atoms with Crippen molar-refractivity contribution in [1.29, 1.82) is 0 Å². The van der Waals surface area contributed by atoms with Gasteiger partial charge in [0.05, 0.1) is 17.6 Å². The number of aromatic hydroxyl groups is 1. The lowest BCUT2D eigenvalue weighted by molar-refractivity contribution is 0.0133. The summed E-state index contributed by atoms with van der Waals surface area (Å²) in [5.41, 5.74) is 0.155. The van der Waals surface area contributed by atoms with Crippen LogP contribution in [-0.2, 0) is 0 Å². The highest BCUT2D eigenvalue weighted by molar-refractivity contribution is 6.03. The molecule has 222 valence electrons. The highest BCUT2D eigenvalue weighted by Crippen LogP contribution is 2.47. The predicted molar refractivity (Wildman–Crippen MR) is 162 cm³/mol. The second-order valence-corrected chi connectivity index (χ2v) is 12.1. The number of ether oxygens (including phenoxy) is 1. The maximum Gasteiger partial charge on any atom is 0.319 e. The van der Waals surface area contributed by atoms with Gasteiger partial charge in [-0.2, -0.15) is 9.97 Å². The minimum Gasteiger partial charge on any atom is -0.508 e.